The van der Waals surface area contributed by atoms with Gasteiger partial charge < -0.3 is 9.47 Å². The number of hydrogen-bond acceptors (Lipinski definition) is 3. The number of hydrogen-bond donors (Lipinski definition) is 0. The maximum Gasteiger partial charge on any atom is 0.308 e. The van der Waals surface area contributed by atoms with Crippen LogP contribution in [0.1, 0.15) is 55.9 Å². The molecule has 1 aromatic rings. The Morgan fingerprint density at radius 2 is 1.92 bits per heavy atom. The molecule has 2 rings (SSSR count). The van der Waals surface area contributed by atoms with Gasteiger partial charge in [0.2, 0.25) is 0 Å². The van der Waals surface area contributed by atoms with E-state index < -0.39 is 5.60 Å². The van der Waals surface area contributed by atoms with Crippen molar-refractivity contribution in [2.75, 3.05) is 0 Å². The van der Waals surface area contributed by atoms with Crippen LogP contribution in [-0.4, -0.2) is 16.9 Å². The third-order valence-corrected chi connectivity index (χ3v) is 5.44. The van der Waals surface area contributed by atoms with Gasteiger partial charge in [0, 0.05) is 18.1 Å². The minimum atomic E-state index is -0.415. The summed E-state index contributed by atoms with van der Waals surface area (Å²) in [5.74, 6) is 1.17. The predicted molar refractivity (Wildman–Crippen MR) is 104 cm³/mol. The number of carbonyl (C=O) groups excluding carboxylic acids is 1. The van der Waals surface area contributed by atoms with Crippen LogP contribution in [-0.2, 0) is 4.79 Å². The van der Waals surface area contributed by atoms with E-state index in [2.05, 4.69) is 25.7 Å². The van der Waals surface area contributed by atoms with E-state index in [9.17, 15) is 4.79 Å². The largest absolute Gasteiger partial charge is 0.483 e. The number of alkyl halides is 1. The maximum atomic E-state index is 11.4. The molecule has 1 heterocycles. The Morgan fingerprint density at radius 1 is 1.28 bits per heavy atom. The van der Waals surface area contributed by atoms with Gasteiger partial charge in [0.1, 0.15) is 17.1 Å². The fourth-order valence-electron chi connectivity index (χ4n) is 3.07. The van der Waals surface area contributed by atoms with Gasteiger partial charge in [0.25, 0.3) is 0 Å². The summed E-state index contributed by atoms with van der Waals surface area (Å²) in [5, 5.41) is -0.0499. The van der Waals surface area contributed by atoms with Crippen LogP contribution in [0.15, 0.2) is 18.2 Å². The standard InChI is InChI=1S/C21H27ClO3/c1-12(2)18(22)9-11-21(7)10-8-17-15(5)19(24-16(6)23)13(3)14(4)20(17)25-21/h8,10,18H,1,9,11H2,2-7H3. The van der Waals surface area contributed by atoms with Crippen LogP contribution in [0.5, 0.6) is 11.5 Å². The van der Waals surface area contributed by atoms with Crippen molar-refractivity contribution in [3.8, 4) is 11.5 Å². The topological polar surface area (TPSA) is 35.5 Å². The molecule has 3 nitrogen and oxygen atoms in total. The number of rotatable bonds is 5. The second-order valence-electron chi connectivity index (χ2n) is 7.14. The van der Waals surface area contributed by atoms with Gasteiger partial charge in [-0.25, -0.2) is 0 Å². The van der Waals surface area contributed by atoms with Gasteiger partial charge >= 0.3 is 5.97 Å². The second kappa shape index (κ2) is 7.25. The molecule has 0 N–H and O–H groups in total. The lowest BCUT2D eigenvalue weighted by molar-refractivity contribution is -0.131. The van der Waals surface area contributed by atoms with Crippen LogP contribution in [0, 0.1) is 20.8 Å². The molecule has 0 aromatic heterocycles. The Balaban J connectivity index is 2.36. The molecule has 0 spiro atoms. The van der Waals surface area contributed by atoms with Crippen molar-refractivity contribution in [1.82, 2.24) is 0 Å². The Bertz CT molecular complexity index is 748. The Morgan fingerprint density at radius 3 is 2.48 bits per heavy atom. The van der Waals surface area contributed by atoms with Crippen molar-refractivity contribution >= 4 is 23.6 Å². The second-order valence-corrected chi connectivity index (χ2v) is 7.67. The van der Waals surface area contributed by atoms with Gasteiger partial charge in [0.05, 0.1) is 5.38 Å². The highest BCUT2D eigenvalue weighted by molar-refractivity contribution is 6.22. The number of fused-ring (bicyclic) bond motifs is 1. The summed E-state index contributed by atoms with van der Waals surface area (Å²) in [6.45, 7) is 15.3. The molecule has 0 bridgehead atoms. The van der Waals surface area contributed by atoms with Crippen molar-refractivity contribution in [1.29, 1.82) is 0 Å². The minimum absolute atomic E-state index is 0.0499. The molecule has 1 aliphatic heterocycles. The first-order valence-electron chi connectivity index (χ1n) is 8.55. The molecule has 2 atom stereocenters. The first-order valence-corrected chi connectivity index (χ1v) is 8.99. The van der Waals surface area contributed by atoms with Gasteiger partial charge in [-0.3, -0.25) is 4.79 Å². The van der Waals surface area contributed by atoms with Gasteiger partial charge in [-0.05, 0) is 64.7 Å². The van der Waals surface area contributed by atoms with Gasteiger partial charge in [-0.15, -0.1) is 11.6 Å². The molecule has 136 valence electrons. The van der Waals surface area contributed by atoms with Crippen LogP contribution < -0.4 is 9.47 Å². The van der Waals surface area contributed by atoms with Crippen LogP contribution >= 0.6 is 11.6 Å². The fourth-order valence-corrected chi connectivity index (χ4v) is 3.18. The normalized spacial score (nSPS) is 19.8. The SMILES string of the molecule is C=C(C)C(Cl)CCC1(C)C=Cc2c(C)c(OC(C)=O)c(C)c(C)c2O1. The average Bonchev–Trinajstić information content (AvgIpc) is 2.54. The lowest BCUT2D eigenvalue weighted by atomic mass is 9.89. The molecule has 25 heavy (non-hydrogen) atoms. The summed E-state index contributed by atoms with van der Waals surface area (Å²) in [4.78, 5) is 11.4. The Hall–Kier alpha value is -1.74. The number of esters is 1. The van der Waals surface area contributed by atoms with Crippen molar-refractivity contribution < 1.29 is 14.3 Å². The molecule has 4 heteroatoms. The number of halogens is 1. The quantitative estimate of drug-likeness (QED) is 0.293. The van der Waals surface area contributed by atoms with E-state index in [1.165, 1.54) is 6.92 Å². The van der Waals surface area contributed by atoms with E-state index in [0.29, 0.717) is 5.75 Å². The average molecular weight is 363 g/mol. The number of carbonyl (C=O) groups is 1. The van der Waals surface area contributed by atoms with Gasteiger partial charge in [0.15, 0.2) is 0 Å². The molecule has 1 aromatic carbocycles. The van der Waals surface area contributed by atoms with Crippen LogP contribution in [0.25, 0.3) is 6.08 Å². The molecule has 0 amide bonds. The van der Waals surface area contributed by atoms with Crippen molar-refractivity contribution in [2.24, 2.45) is 0 Å². The third kappa shape index (κ3) is 4.09. The molecule has 0 saturated heterocycles. The molecule has 0 radical (unpaired) electrons. The molecule has 0 fully saturated rings. The molecular formula is C21H27ClO3. The first kappa shape index (κ1) is 19.6. The zero-order valence-electron chi connectivity index (χ0n) is 16.0. The first-order chi connectivity index (χ1) is 11.6. The van der Waals surface area contributed by atoms with Crippen LogP contribution in [0.4, 0.5) is 0 Å². The zero-order chi connectivity index (χ0) is 18.9. The number of ether oxygens (including phenoxy) is 2. The Labute approximate surface area is 155 Å². The van der Waals surface area contributed by atoms with E-state index >= 15 is 0 Å². The van der Waals surface area contributed by atoms with Crippen LogP contribution in [0.3, 0.4) is 0 Å². The van der Waals surface area contributed by atoms with Gasteiger partial charge in [-0.1, -0.05) is 18.2 Å². The highest BCUT2D eigenvalue weighted by Gasteiger charge is 2.31. The van der Waals surface area contributed by atoms with E-state index in [0.717, 1.165) is 46.4 Å². The predicted octanol–water partition coefficient (Wildman–Crippen LogP) is 5.67. The monoisotopic (exact) mass is 362 g/mol. The highest BCUT2D eigenvalue weighted by atomic mass is 35.5. The van der Waals surface area contributed by atoms with Crippen molar-refractivity contribution in [2.45, 2.75) is 65.4 Å². The summed E-state index contributed by atoms with van der Waals surface area (Å²) in [6.07, 6.45) is 5.73. The van der Waals surface area contributed by atoms with E-state index in [4.69, 9.17) is 21.1 Å². The Kier molecular flexibility index (Phi) is 5.68. The number of benzene rings is 1. The van der Waals surface area contributed by atoms with Crippen molar-refractivity contribution in [3.63, 3.8) is 0 Å². The fraction of sp³-hybridized carbons (Fsp3) is 0.476. The van der Waals surface area contributed by atoms with E-state index in [1.807, 2.05) is 27.7 Å². The summed E-state index contributed by atoms with van der Waals surface area (Å²) in [7, 11) is 0. The van der Waals surface area contributed by atoms with E-state index in [-0.39, 0.29) is 11.3 Å². The molecule has 0 aliphatic carbocycles. The molecule has 0 saturated carbocycles. The highest BCUT2D eigenvalue weighted by Crippen LogP contribution is 2.43. The molecule has 1 aliphatic rings. The zero-order valence-corrected chi connectivity index (χ0v) is 16.7. The maximum absolute atomic E-state index is 11.4. The summed E-state index contributed by atoms with van der Waals surface area (Å²) in [6, 6.07) is 0. The lowest BCUT2D eigenvalue weighted by Crippen LogP contribution is -2.33. The number of allylic oxidation sites excluding steroid dienone is 1. The van der Waals surface area contributed by atoms with Crippen molar-refractivity contribution in [3.05, 3.63) is 40.5 Å². The molecular weight excluding hydrogens is 336 g/mol. The van der Waals surface area contributed by atoms with Gasteiger partial charge in [-0.2, -0.15) is 0 Å². The summed E-state index contributed by atoms with van der Waals surface area (Å²) < 4.78 is 11.8. The minimum Gasteiger partial charge on any atom is -0.483 e. The lowest BCUT2D eigenvalue weighted by Gasteiger charge is -2.34. The smallest absolute Gasteiger partial charge is 0.308 e. The molecule has 2 unspecified atom stereocenters. The summed E-state index contributed by atoms with van der Waals surface area (Å²) in [5.41, 5.74) is 4.38. The summed E-state index contributed by atoms with van der Waals surface area (Å²) >= 11 is 6.32. The third-order valence-electron chi connectivity index (χ3n) is 4.85. The van der Waals surface area contributed by atoms with Crippen LogP contribution in [0.2, 0.25) is 0 Å². The van der Waals surface area contributed by atoms with E-state index in [1.54, 1.807) is 0 Å².